The number of aliphatic carboxylic acids is 1. The Kier molecular flexibility index (Phi) is 3.90. The Morgan fingerprint density at radius 2 is 2.26 bits per heavy atom. The first-order valence-corrected chi connectivity index (χ1v) is 6.73. The lowest BCUT2D eigenvalue weighted by molar-refractivity contribution is -0.150. The normalized spacial score (nSPS) is 23.7. The number of carboxylic acid groups (broad SMARTS) is 1. The molecule has 1 unspecified atom stereocenters. The van der Waals surface area contributed by atoms with Gasteiger partial charge in [0, 0.05) is 6.54 Å². The largest absolute Gasteiger partial charge is 0.480 e. The van der Waals surface area contributed by atoms with Crippen LogP contribution in [-0.4, -0.2) is 28.1 Å². The molecule has 0 saturated carbocycles. The van der Waals surface area contributed by atoms with E-state index in [2.05, 4.69) is 0 Å². The molecular weight excluding hydrogens is 245 g/mol. The first kappa shape index (κ1) is 14.0. The second-order valence-electron chi connectivity index (χ2n) is 5.30. The number of hydrogen-bond donors (Lipinski definition) is 1. The molecule has 1 aromatic rings. The van der Waals surface area contributed by atoms with Gasteiger partial charge in [-0.3, -0.25) is 9.69 Å². The van der Waals surface area contributed by atoms with Crippen molar-refractivity contribution in [3.63, 3.8) is 0 Å². The predicted octanol–water partition coefficient (Wildman–Crippen LogP) is 2.96. The van der Waals surface area contributed by atoms with Crippen molar-refractivity contribution in [2.75, 3.05) is 6.54 Å². The maximum absolute atomic E-state index is 13.3. The third kappa shape index (κ3) is 2.50. The maximum atomic E-state index is 13.3. The van der Waals surface area contributed by atoms with Crippen molar-refractivity contribution in [2.45, 2.75) is 45.2 Å². The average molecular weight is 265 g/mol. The molecule has 0 radical (unpaired) electrons. The summed E-state index contributed by atoms with van der Waals surface area (Å²) in [4.78, 5) is 13.6. The van der Waals surface area contributed by atoms with E-state index in [9.17, 15) is 14.3 Å². The Bertz CT molecular complexity index is 489. The number of rotatable bonds is 4. The van der Waals surface area contributed by atoms with Crippen molar-refractivity contribution < 1.29 is 14.3 Å². The first-order valence-electron chi connectivity index (χ1n) is 6.73. The van der Waals surface area contributed by atoms with Gasteiger partial charge in [-0.25, -0.2) is 4.39 Å². The van der Waals surface area contributed by atoms with Crippen LogP contribution in [0.25, 0.3) is 0 Å². The first-order chi connectivity index (χ1) is 8.99. The molecule has 4 heteroatoms. The van der Waals surface area contributed by atoms with Crippen molar-refractivity contribution in [1.82, 2.24) is 4.90 Å². The Labute approximate surface area is 113 Å². The van der Waals surface area contributed by atoms with Gasteiger partial charge in [-0.05, 0) is 49.9 Å². The summed E-state index contributed by atoms with van der Waals surface area (Å²) in [5.41, 5.74) is 0.830. The standard InChI is InChI=1S/C15H20FNO2/c1-3-15(14(18)19)7-4-8-17(15)10-12-5-6-13(16)11(2)9-12/h5-6,9H,3-4,7-8,10H2,1-2H3,(H,18,19). The van der Waals surface area contributed by atoms with Crippen molar-refractivity contribution >= 4 is 5.97 Å². The van der Waals surface area contributed by atoms with Crippen LogP contribution in [0, 0.1) is 12.7 Å². The summed E-state index contributed by atoms with van der Waals surface area (Å²) in [6.45, 7) is 5.01. The molecule has 1 heterocycles. The summed E-state index contributed by atoms with van der Waals surface area (Å²) >= 11 is 0. The minimum Gasteiger partial charge on any atom is -0.480 e. The second-order valence-corrected chi connectivity index (χ2v) is 5.30. The van der Waals surface area contributed by atoms with Crippen LogP contribution in [0.15, 0.2) is 18.2 Å². The van der Waals surface area contributed by atoms with E-state index >= 15 is 0 Å². The summed E-state index contributed by atoms with van der Waals surface area (Å²) in [5.74, 6) is -0.962. The molecule has 1 saturated heterocycles. The van der Waals surface area contributed by atoms with E-state index in [1.54, 1.807) is 19.1 Å². The van der Waals surface area contributed by atoms with Crippen LogP contribution in [0.2, 0.25) is 0 Å². The summed E-state index contributed by atoms with van der Waals surface area (Å²) in [6, 6.07) is 4.99. The molecule has 1 aromatic carbocycles. The van der Waals surface area contributed by atoms with E-state index in [0.717, 1.165) is 18.5 Å². The molecule has 2 rings (SSSR count). The van der Waals surface area contributed by atoms with Gasteiger partial charge in [0.2, 0.25) is 0 Å². The lowest BCUT2D eigenvalue weighted by Crippen LogP contribution is -2.49. The van der Waals surface area contributed by atoms with Gasteiger partial charge >= 0.3 is 5.97 Å². The van der Waals surface area contributed by atoms with Crippen LogP contribution in [-0.2, 0) is 11.3 Å². The molecule has 1 fully saturated rings. The lowest BCUT2D eigenvalue weighted by atomic mass is 9.92. The summed E-state index contributed by atoms with van der Waals surface area (Å²) in [5, 5.41) is 9.51. The zero-order valence-electron chi connectivity index (χ0n) is 11.4. The predicted molar refractivity (Wildman–Crippen MR) is 71.4 cm³/mol. The fourth-order valence-electron chi connectivity index (χ4n) is 2.98. The molecule has 1 aliphatic rings. The minimum atomic E-state index is -0.748. The Morgan fingerprint density at radius 3 is 2.84 bits per heavy atom. The number of likely N-dealkylation sites (tertiary alicyclic amines) is 1. The van der Waals surface area contributed by atoms with Crippen LogP contribution in [0.3, 0.4) is 0 Å². The summed E-state index contributed by atoms with van der Waals surface area (Å²) in [7, 11) is 0. The molecule has 3 nitrogen and oxygen atoms in total. The maximum Gasteiger partial charge on any atom is 0.324 e. The molecule has 1 aliphatic heterocycles. The SMILES string of the molecule is CCC1(C(=O)O)CCCN1Cc1ccc(F)c(C)c1. The third-order valence-corrected chi connectivity index (χ3v) is 4.20. The molecule has 19 heavy (non-hydrogen) atoms. The van der Waals surface area contributed by atoms with Crippen molar-refractivity contribution in [3.8, 4) is 0 Å². The number of halogens is 1. The molecule has 1 atom stereocenters. The number of carbonyl (C=O) groups is 1. The monoisotopic (exact) mass is 265 g/mol. The zero-order valence-corrected chi connectivity index (χ0v) is 11.4. The van der Waals surface area contributed by atoms with Gasteiger partial charge in [0.1, 0.15) is 11.4 Å². The number of carboxylic acids is 1. The van der Waals surface area contributed by atoms with Gasteiger partial charge in [-0.2, -0.15) is 0 Å². The van der Waals surface area contributed by atoms with Crippen LogP contribution >= 0.6 is 0 Å². The lowest BCUT2D eigenvalue weighted by Gasteiger charge is -2.34. The van der Waals surface area contributed by atoms with E-state index in [-0.39, 0.29) is 5.82 Å². The molecule has 0 bridgehead atoms. The smallest absolute Gasteiger partial charge is 0.324 e. The van der Waals surface area contributed by atoms with E-state index in [1.165, 1.54) is 6.07 Å². The highest BCUT2D eigenvalue weighted by molar-refractivity contribution is 5.79. The van der Waals surface area contributed by atoms with Crippen LogP contribution < -0.4 is 0 Å². The number of benzene rings is 1. The van der Waals surface area contributed by atoms with E-state index in [1.807, 2.05) is 11.8 Å². The average Bonchev–Trinajstić information content (AvgIpc) is 2.78. The summed E-state index contributed by atoms with van der Waals surface area (Å²) < 4.78 is 13.3. The molecule has 0 aliphatic carbocycles. The molecule has 0 aromatic heterocycles. The van der Waals surface area contributed by atoms with Crippen molar-refractivity contribution in [2.24, 2.45) is 0 Å². The Balaban J connectivity index is 2.21. The Hall–Kier alpha value is -1.42. The van der Waals surface area contributed by atoms with E-state index < -0.39 is 11.5 Å². The van der Waals surface area contributed by atoms with E-state index in [0.29, 0.717) is 24.9 Å². The summed E-state index contributed by atoms with van der Waals surface area (Å²) in [6.07, 6.45) is 2.20. The van der Waals surface area contributed by atoms with Gasteiger partial charge in [0.25, 0.3) is 0 Å². The highest BCUT2D eigenvalue weighted by Crippen LogP contribution is 2.34. The van der Waals surface area contributed by atoms with Gasteiger partial charge in [0.05, 0.1) is 0 Å². The topological polar surface area (TPSA) is 40.5 Å². The minimum absolute atomic E-state index is 0.217. The zero-order chi connectivity index (χ0) is 14.0. The van der Waals surface area contributed by atoms with Crippen molar-refractivity contribution in [1.29, 1.82) is 0 Å². The fraction of sp³-hybridized carbons (Fsp3) is 0.533. The molecule has 104 valence electrons. The molecular formula is C15H20FNO2. The molecule has 0 amide bonds. The number of nitrogens with zero attached hydrogens (tertiary/aromatic N) is 1. The van der Waals surface area contributed by atoms with Gasteiger partial charge in [-0.1, -0.05) is 19.1 Å². The number of hydrogen-bond acceptors (Lipinski definition) is 2. The highest BCUT2D eigenvalue weighted by atomic mass is 19.1. The van der Waals surface area contributed by atoms with Crippen LogP contribution in [0.1, 0.15) is 37.3 Å². The van der Waals surface area contributed by atoms with Crippen LogP contribution in [0.5, 0.6) is 0 Å². The van der Waals surface area contributed by atoms with Crippen molar-refractivity contribution in [3.05, 3.63) is 35.1 Å². The fourth-order valence-corrected chi connectivity index (χ4v) is 2.98. The van der Waals surface area contributed by atoms with Gasteiger partial charge in [-0.15, -0.1) is 0 Å². The second kappa shape index (κ2) is 5.29. The molecule has 1 N–H and O–H groups in total. The molecule has 0 spiro atoms. The van der Waals surface area contributed by atoms with Gasteiger partial charge < -0.3 is 5.11 Å². The van der Waals surface area contributed by atoms with Gasteiger partial charge in [0.15, 0.2) is 0 Å². The van der Waals surface area contributed by atoms with Crippen LogP contribution in [0.4, 0.5) is 4.39 Å². The highest BCUT2D eigenvalue weighted by Gasteiger charge is 2.45. The Morgan fingerprint density at radius 1 is 1.53 bits per heavy atom. The number of aryl methyl sites for hydroxylation is 1. The quantitative estimate of drug-likeness (QED) is 0.910. The third-order valence-electron chi connectivity index (χ3n) is 4.20. The van der Waals surface area contributed by atoms with E-state index in [4.69, 9.17) is 0 Å².